The van der Waals surface area contributed by atoms with Gasteiger partial charge >= 0.3 is 11.9 Å². The van der Waals surface area contributed by atoms with Crippen molar-refractivity contribution in [1.29, 1.82) is 0 Å². The third-order valence-corrected chi connectivity index (χ3v) is 12.7. The zero-order valence-electron chi connectivity index (χ0n) is 49.8. The predicted octanol–water partition coefficient (Wildman–Crippen LogP) is 21.9. The van der Waals surface area contributed by atoms with Gasteiger partial charge in [0.1, 0.15) is 6.61 Å². The highest BCUT2D eigenvalue weighted by molar-refractivity contribution is 5.70. The van der Waals surface area contributed by atoms with Crippen LogP contribution in [-0.2, 0) is 19.1 Å². The van der Waals surface area contributed by atoms with Gasteiger partial charge in [0.05, 0.1) is 6.61 Å². The first-order valence-electron chi connectivity index (χ1n) is 31.3. The van der Waals surface area contributed by atoms with Gasteiger partial charge in [0.15, 0.2) is 6.10 Å². The van der Waals surface area contributed by atoms with Crippen LogP contribution in [0.15, 0.2) is 182 Å². The van der Waals surface area contributed by atoms with Crippen LogP contribution in [0.25, 0.3) is 0 Å². The zero-order valence-corrected chi connectivity index (χ0v) is 49.8. The van der Waals surface area contributed by atoms with E-state index < -0.39 is 6.10 Å². The number of allylic oxidation sites excluding steroid dienone is 30. The van der Waals surface area contributed by atoms with Crippen LogP contribution in [-0.4, -0.2) is 36.4 Å². The number of aliphatic hydroxyl groups excluding tert-OH is 1. The molecule has 0 saturated heterocycles. The van der Waals surface area contributed by atoms with E-state index in [4.69, 9.17) is 9.47 Å². The molecular weight excluding hydrogens is 957 g/mol. The van der Waals surface area contributed by atoms with Crippen molar-refractivity contribution in [1.82, 2.24) is 0 Å². The highest BCUT2D eigenvalue weighted by atomic mass is 16.6. The number of carbonyl (C=O) groups excluding carboxylic acids is 2. The molecule has 5 heteroatoms. The summed E-state index contributed by atoms with van der Waals surface area (Å²) in [6, 6.07) is 0. The fraction of sp³-hybridized carbons (Fsp3) is 0.562. The molecule has 0 fully saturated rings. The minimum Gasteiger partial charge on any atom is -0.462 e. The van der Waals surface area contributed by atoms with Gasteiger partial charge in [-0.3, -0.25) is 9.59 Å². The van der Waals surface area contributed by atoms with Crippen LogP contribution in [0, 0.1) is 0 Å². The summed E-state index contributed by atoms with van der Waals surface area (Å²) in [5.74, 6) is -0.620. The van der Waals surface area contributed by atoms with Crippen LogP contribution in [0.5, 0.6) is 0 Å². The van der Waals surface area contributed by atoms with Crippen molar-refractivity contribution in [3.05, 3.63) is 182 Å². The Balaban J connectivity index is 3.62. The lowest BCUT2D eigenvalue weighted by Gasteiger charge is -2.15. The van der Waals surface area contributed by atoms with Gasteiger partial charge in [0, 0.05) is 12.8 Å². The molecule has 1 unspecified atom stereocenters. The quantitative estimate of drug-likeness (QED) is 0.0373. The standard InChI is InChI=1S/C73H114O5/c1-3-5-7-9-11-13-15-17-19-21-23-25-27-29-31-33-34-35-36-37-38-40-42-44-46-48-50-52-54-56-58-60-62-64-66-68-73(76)78-71(69-74)70-77-72(75)67-65-63-61-59-57-55-53-51-49-47-45-43-41-39-32-30-28-26-24-22-20-18-16-14-12-10-8-6-4-2/h5-8,11-14,17-20,23-26,29-32,34-35,37-38,41-44,48,50,71,74H,3-4,9-10,15-16,21-22,27-28,33,36,39-40,45-47,49,51-70H2,1-2H3/b7-5-,8-6-,13-11-,14-12-,19-17-,20-18-,25-23-,26-24-,31-29-,32-30-,35-34-,38-37-,43-41-,44-42-,50-48-. The summed E-state index contributed by atoms with van der Waals surface area (Å²) >= 11 is 0. The first-order chi connectivity index (χ1) is 38.6. The largest absolute Gasteiger partial charge is 0.462 e. The van der Waals surface area contributed by atoms with Crippen LogP contribution in [0.1, 0.15) is 245 Å². The first kappa shape index (κ1) is 73.0. The molecule has 1 N–H and O–H groups in total. The van der Waals surface area contributed by atoms with E-state index in [-0.39, 0.29) is 25.2 Å². The molecular formula is C73H114O5. The normalized spacial score (nSPS) is 13.5. The van der Waals surface area contributed by atoms with E-state index in [0.717, 1.165) is 141 Å². The summed E-state index contributed by atoms with van der Waals surface area (Å²) in [6.07, 6.45) is 104. The first-order valence-corrected chi connectivity index (χ1v) is 31.3. The Bertz CT molecular complexity index is 1780. The third kappa shape index (κ3) is 63.5. The monoisotopic (exact) mass is 1070 g/mol. The number of unbranched alkanes of at least 4 members (excludes halogenated alkanes) is 17. The Hall–Kier alpha value is -5.00. The van der Waals surface area contributed by atoms with Crippen molar-refractivity contribution < 1.29 is 24.2 Å². The maximum absolute atomic E-state index is 12.3. The molecule has 0 aliphatic heterocycles. The van der Waals surface area contributed by atoms with Crippen LogP contribution in [0.3, 0.4) is 0 Å². The van der Waals surface area contributed by atoms with Crippen molar-refractivity contribution >= 4 is 11.9 Å². The summed E-state index contributed by atoms with van der Waals surface area (Å²) in [4.78, 5) is 24.6. The predicted molar refractivity (Wildman–Crippen MR) is 343 cm³/mol. The Kier molecular flexibility index (Phi) is 62.0. The number of carbonyl (C=O) groups is 2. The van der Waals surface area contributed by atoms with Crippen molar-refractivity contribution in [2.75, 3.05) is 13.2 Å². The Morgan fingerprint density at radius 1 is 0.295 bits per heavy atom. The lowest BCUT2D eigenvalue weighted by molar-refractivity contribution is -0.161. The second kappa shape index (κ2) is 66.3. The molecule has 436 valence electrons. The fourth-order valence-corrected chi connectivity index (χ4v) is 8.08. The van der Waals surface area contributed by atoms with Crippen molar-refractivity contribution in [2.24, 2.45) is 0 Å². The van der Waals surface area contributed by atoms with Gasteiger partial charge in [-0.25, -0.2) is 0 Å². The van der Waals surface area contributed by atoms with E-state index >= 15 is 0 Å². The van der Waals surface area contributed by atoms with Crippen LogP contribution >= 0.6 is 0 Å². The van der Waals surface area contributed by atoms with Gasteiger partial charge in [-0.1, -0.05) is 280 Å². The van der Waals surface area contributed by atoms with E-state index in [1.807, 2.05) is 0 Å². The lowest BCUT2D eigenvalue weighted by Crippen LogP contribution is -2.28. The summed E-state index contributed by atoms with van der Waals surface area (Å²) < 4.78 is 10.7. The molecule has 0 heterocycles. The minimum absolute atomic E-state index is 0.0845. The molecule has 0 aliphatic carbocycles. The lowest BCUT2D eigenvalue weighted by atomic mass is 10.1. The molecule has 0 aromatic carbocycles. The molecule has 1 atom stereocenters. The second-order valence-corrected chi connectivity index (χ2v) is 20.0. The number of aliphatic hydroxyl groups is 1. The summed E-state index contributed by atoms with van der Waals surface area (Å²) in [5, 5.41) is 9.68. The maximum atomic E-state index is 12.3. The molecule has 0 saturated carbocycles. The van der Waals surface area contributed by atoms with Crippen LogP contribution in [0.2, 0.25) is 0 Å². The van der Waals surface area contributed by atoms with Crippen molar-refractivity contribution in [3.8, 4) is 0 Å². The molecule has 0 radical (unpaired) electrons. The maximum Gasteiger partial charge on any atom is 0.306 e. The molecule has 78 heavy (non-hydrogen) atoms. The van der Waals surface area contributed by atoms with E-state index in [1.165, 1.54) is 77.0 Å². The van der Waals surface area contributed by atoms with E-state index in [1.54, 1.807) is 0 Å². The van der Waals surface area contributed by atoms with E-state index in [9.17, 15) is 14.7 Å². The smallest absolute Gasteiger partial charge is 0.306 e. The van der Waals surface area contributed by atoms with Gasteiger partial charge in [-0.2, -0.15) is 0 Å². The van der Waals surface area contributed by atoms with Crippen molar-refractivity contribution in [2.45, 2.75) is 251 Å². The molecule has 0 aliphatic rings. The molecule has 0 aromatic rings. The van der Waals surface area contributed by atoms with Gasteiger partial charge in [-0.15, -0.1) is 0 Å². The molecule has 0 bridgehead atoms. The average molecular weight is 1070 g/mol. The molecule has 0 spiro atoms. The average Bonchev–Trinajstić information content (AvgIpc) is 3.44. The SMILES string of the molecule is CC/C=C\C/C=C\C/C=C\C/C=C\C/C=C\C/C=C\C/C=C\C/C=C\C/C=C\CCCCCCCCCC(=O)OC(CO)COC(=O)CCCCCCCCCCCC/C=C\C/C=C\C/C=C\C/C=C\C/C=C\C/C=C\CC. The summed E-state index contributed by atoms with van der Waals surface area (Å²) in [5.41, 5.74) is 0. The topological polar surface area (TPSA) is 72.8 Å². The number of hydrogen-bond acceptors (Lipinski definition) is 5. The highest BCUT2D eigenvalue weighted by Crippen LogP contribution is 2.14. The molecule has 0 amide bonds. The minimum atomic E-state index is -0.796. The van der Waals surface area contributed by atoms with Crippen LogP contribution in [0.4, 0.5) is 0 Å². The highest BCUT2D eigenvalue weighted by Gasteiger charge is 2.16. The Labute approximate surface area is 480 Å². The van der Waals surface area contributed by atoms with Gasteiger partial charge in [0.25, 0.3) is 0 Å². The Morgan fingerprint density at radius 2 is 0.513 bits per heavy atom. The summed E-state index contributed by atoms with van der Waals surface area (Å²) in [6.45, 7) is 3.89. The van der Waals surface area contributed by atoms with Gasteiger partial charge in [0.2, 0.25) is 0 Å². The second-order valence-electron chi connectivity index (χ2n) is 20.0. The van der Waals surface area contributed by atoms with E-state index in [0.29, 0.717) is 12.8 Å². The number of hydrogen-bond donors (Lipinski definition) is 1. The van der Waals surface area contributed by atoms with Crippen LogP contribution < -0.4 is 0 Å². The van der Waals surface area contributed by atoms with Crippen molar-refractivity contribution in [3.63, 3.8) is 0 Å². The number of rotatable bonds is 55. The van der Waals surface area contributed by atoms with Gasteiger partial charge < -0.3 is 14.6 Å². The third-order valence-electron chi connectivity index (χ3n) is 12.7. The molecule has 5 nitrogen and oxygen atoms in total. The number of ether oxygens (including phenoxy) is 2. The summed E-state index contributed by atoms with van der Waals surface area (Å²) in [7, 11) is 0. The van der Waals surface area contributed by atoms with E-state index in [2.05, 4.69) is 196 Å². The number of esters is 2. The fourth-order valence-electron chi connectivity index (χ4n) is 8.08. The Morgan fingerprint density at radius 3 is 0.769 bits per heavy atom. The molecule has 0 aromatic heterocycles. The van der Waals surface area contributed by atoms with Gasteiger partial charge in [-0.05, 0) is 135 Å². The molecule has 0 rings (SSSR count). The zero-order chi connectivity index (χ0) is 56.2.